The molecule has 4 rings (SSSR count). The quantitative estimate of drug-likeness (QED) is 0.461. The first-order chi connectivity index (χ1) is 13.6. The average molecular weight is 409 g/mol. The van der Waals surface area contributed by atoms with Gasteiger partial charge in [0.05, 0.1) is 17.1 Å². The molecule has 1 N–H and O–H groups in total. The standard InChI is InChI=1S/C22H17ClN2O2S/c23-17-12-10-15(11-13-17)20(26)14-28-22-24-18-8-4-5-9-19(18)25(22)21(27)16-6-2-1-3-7-16/h1-13,20,26H,14H2. The first-order valence-corrected chi connectivity index (χ1v) is 10.1. The summed E-state index contributed by atoms with van der Waals surface area (Å²) in [7, 11) is 0. The number of aromatic nitrogens is 2. The summed E-state index contributed by atoms with van der Waals surface area (Å²) in [5.41, 5.74) is 2.86. The first-order valence-electron chi connectivity index (χ1n) is 8.77. The van der Waals surface area contributed by atoms with Gasteiger partial charge >= 0.3 is 0 Å². The molecule has 1 heterocycles. The molecule has 4 aromatic rings. The summed E-state index contributed by atoms with van der Waals surface area (Å²) in [6.45, 7) is 0. The second kappa shape index (κ2) is 8.19. The zero-order chi connectivity index (χ0) is 19.5. The third-order valence-corrected chi connectivity index (χ3v) is 5.65. The van der Waals surface area contributed by atoms with E-state index in [9.17, 15) is 9.90 Å². The summed E-state index contributed by atoms with van der Waals surface area (Å²) in [5, 5.41) is 11.7. The van der Waals surface area contributed by atoms with Gasteiger partial charge in [0.2, 0.25) is 0 Å². The molecule has 0 bridgehead atoms. The topological polar surface area (TPSA) is 55.1 Å². The van der Waals surface area contributed by atoms with Crippen LogP contribution in [-0.4, -0.2) is 26.3 Å². The lowest BCUT2D eigenvalue weighted by Crippen LogP contribution is -2.13. The summed E-state index contributed by atoms with van der Waals surface area (Å²) >= 11 is 7.26. The number of carbonyl (C=O) groups excluding carboxylic acids is 1. The van der Waals surface area contributed by atoms with Gasteiger partial charge in [-0.2, -0.15) is 0 Å². The van der Waals surface area contributed by atoms with Crippen LogP contribution in [0.5, 0.6) is 0 Å². The number of fused-ring (bicyclic) bond motifs is 1. The second-order valence-corrected chi connectivity index (χ2v) is 7.69. The Kier molecular flexibility index (Phi) is 5.48. The fourth-order valence-electron chi connectivity index (χ4n) is 2.94. The average Bonchev–Trinajstić information content (AvgIpc) is 3.11. The molecule has 0 radical (unpaired) electrons. The molecule has 1 atom stereocenters. The van der Waals surface area contributed by atoms with E-state index in [2.05, 4.69) is 4.98 Å². The van der Waals surface area contributed by atoms with Gasteiger partial charge in [-0.25, -0.2) is 4.98 Å². The zero-order valence-corrected chi connectivity index (χ0v) is 16.4. The molecule has 0 saturated heterocycles. The molecular formula is C22H17ClN2O2S. The van der Waals surface area contributed by atoms with Crippen LogP contribution in [0.3, 0.4) is 0 Å². The van der Waals surface area contributed by atoms with Crippen molar-refractivity contribution in [3.63, 3.8) is 0 Å². The molecule has 28 heavy (non-hydrogen) atoms. The normalized spacial score (nSPS) is 12.2. The van der Waals surface area contributed by atoms with E-state index in [0.717, 1.165) is 16.6 Å². The highest BCUT2D eigenvalue weighted by Gasteiger charge is 2.19. The van der Waals surface area contributed by atoms with Crippen molar-refractivity contribution in [1.29, 1.82) is 0 Å². The minimum Gasteiger partial charge on any atom is -0.388 e. The van der Waals surface area contributed by atoms with Gasteiger partial charge in [0.25, 0.3) is 5.91 Å². The minimum atomic E-state index is -0.692. The molecule has 0 aliphatic rings. The van der Waals surface area contributed by atoms with Gasteiger partial charge in [0, 0.05) is 16.3 Å². The predicted molar refractivity (Wildman–Crippen MR) is 113 cm³/mol. The monoisotopic (exact) mass is 408 g/mol. The molecular weight excluding hydrogens is 392 g/mol. The lowest BCUT2D eigenvalue weighted by atomic mass is 10.1. The molecule has 140 valence electrons. The molecule has 0 fully saturated rings. The first kappa shape index (κ1) is 18.7. The highest BCUT2D eigenvalue weighted by Crippen LogP contribution is 2.29. The van der Waals surface area contributed by atoms with Gasteiger partial charge in [0.15, 0.2) is 5.16 Å². The Morgan fingerprint density at radius 1 is 1.00 bits per heavy atom. The molecule has 1 aromatic heterocycles. The van der Waals surface area contributed by atoms with Crippen molar-refractivity contribution in [3.05, 3.63) is 95.0 Å². The number of imidazole rings is 1. The third-order valence-electron chi connectivity index (χ3n) is 4.38. The van der Waals surface area contributed by atoms with E-state index in [4.69, 9.17) is 11.6 Å². The lowest BCUT2D eigenvalue weighted by Gasteiger charge is -2.12. The number of halogens is 1. The molecule has 0 spiro atoms. The predicted octanol–water partition coefficient (Wildman–Crippen LogP) is 5.20. The fourth-order valence-corrected chi connectivity index (χ4v) is 4.04. The van der Waals surface area contributed by atoms with E-state index in [1.165, 1.54) is 11.8 Å². The highest BCUT2D eigenvalue weighted by atomic mass is 35.5. The van der Waals surface area contributed by atoms with Gasteiger partial charge in [-0.3, -0.25) is 9.36 Å². The smallest absolute Gasteiger partial charge is 0.264 e. The van der Waals surface area contributed by atoms with E-state index < -0.39 is 6.10 Å². The number of para-hydroxylation sites is 2. The second-order valence-electron chi connectivity index (χ2n) is 6.27. The number of hydrogen-bond acceptors (Lipinski definition) is 4. The van der Waals surface area contributed by atoms with E-state index in [1.54, 1.807) is 41.0 Å². The largest absolute Gasteiger partial charge is 0.388 e. The Labute approximate surface area is 171 Å². The minimum absolute atomic E-state index is 0.141. The van der Waals surface area contributed by atoms with Crippen molar-refractivity contribution >= 4 is 40.3 Å². The van der Waals surface area contributed by atoms with Crippen molar-refractivity contribution in [3.8, 4) is 0 Å². The van der Waals surface area contributed by atoms with Crippen LogP contribution in [-0.2, 0) is 0 Å². The molecule has 1 unspecified atom stereocenters. The van der Waals surface area contributed by atoms with Crippen molar-refractivity contribution in [2.75, 3.05) is 5.75 Å². The number of aliphatic hydroxyl groups excluding tert-OH is 1. The fraction of sp³-hybridized carbons (Fsp3) is 0.0909. The molecule has 0 aliphatic carbocycles. The van der Waals surface area contributed by atoms with Crippen LogP contribution in [0.1, 0.15) is 22.0 Å². The van der Waals surface area contributed by atoms with Crippen LogP contribution in [0, 0.1) is 0 Å². The Balaban J connectivity index is 1.65. The van der Waals surface area contributed by atoms with Crippen LogP contribution in [0.2, 0.25) is 5.02 Å². The Morgan fingerprint density at radius 3 is 2.43 bits per heavy atom. The van der Waals surface area contributed by atoms with E-state index >= 15 is 0 Å². The molecule has 3 aromatic carbocycles. The molecule has 6 heteroatoms. The number of aliphatic hydroxyl groups is 1. The molecule has 0 saturated carbocycles. The Hall–Kier alpha value is -2.60. The van der Waals surface area contributed by atoms with E-state index in [1.807, 2.05) is 42.5 Å². The number of nitrogens with zero attached hydrogens (tertiary/aromatic N) is 2. The van der Waals surface area contributed by atoms with E-state index in [-0.39, 0.29) is 5.91 Å². The maximum Gasteiger partial charge on any atom is 0.264 e. The lowest BCUT2D eigenvalue weighted by molar-refractivity contribution is 0.0955. The van der Waals surface area contributed by atoms with Gasteiger partial charge in [-0.15, -0.1) is 0 Å². The van der Waals surface area contributed by atoms with Crippen LogP contribution < -0.4 is 0 Å². The number of rotatable bonds is 5. The maximum atomic E-state index is 13.1. The summed E-state index contributed by atoms with van der Waals surface area (Å²) < 4.78 is 1.61. The Bertz CT molecular complexity index is 1110. The third kappa shape index (κ3) is 3.83. The van der Waals surface area contributed by atoms with Crippen LogP contribution in [0.4, 0.5) is 0 Å². The number of carbonyl (C=O) groups is 1. The molecule has 0 aliphatic heterocycles. The van der Waals surface area contributed by atoms with Crippen molar-refractivity contribution in [2.24, 2.45) is 0 Å². The van der Waals surface area contributed by atoms with Crippen molar-refractivity contribution < 1.29 is 9.90 Å². The highest BCUT2D eigenvalue weighted by molar-refractivity contribution is 7.99. The number of benzene rings is 3. The van der Waals surface area contributed by atoms with Crippen LogP contribution in [0.25, 0.3) is 11.0 Å². The van der Waals surface area contributed by atoms with Gasteiger partial charge < -0.3 is 5.11 Å². The zero-order valence-electron chi connectivity index (χ0n) is 14.8. The van der Waals surface area contributed by atoms with Crippen LogP contribution in [0.15, 0.2) is 84.0 Å². The Morgan fingerprint density at radius 2 is 1.68 bits per heavy atom. The van der Waals surface area contributed by atoms with Crippen molar-refractivity contribution in [2.45, 2.75) is 11.3 Å². The SMILES string of the molecule is O=C(c1ccccc1)n1c(SCC(O)c2ccc(Cl)cc2)nc2ccccc21. The van der Waals surface area contributed by atoms with Gasteiger partial charge in [0.1, 0.15) is 0 Å². The molecule has 0 amide bonds. The van der Waals surface area contributed by atoms with Gasteiger partial charge in [-0.1, -0.05) is 65.8 Å². The van der Waals surface area contributed by atoms with Gasteiger partial charge in [-0.05, 0) is 42.0 Å². The van der Waals surface area contributed by atoms with Crippen molar-refractivity contribution in [1.82, 2.24) is 9.55 Å². The number of thioether (sulfide) groups is 1. The maximum absolute atomic E-state index is 13.1. The number of hydrogen-bond donors (Lipinski definition) is 1. The van der Waals surface area contributed by atoms with E-state index in [0.29, 0.717) is 21.5 Å². The summed E-state index contributed by atoms with van der Waals surface area (Å²) in [4.78, 5) is 17.7. The van der Waals surface area contributed by atoms with Crippen LogP contribution >= 0.6 is 23.4 Å². The molecule has 4 nitrogen and oxygen atoms in total. The summed E-state index contributed by atoms with van der Waals surface area (Å²) in [6.07, 6.45) is -0.692. The summed E-state index contributed by atoms with van der Waals surface area (Å²) in [5.74, 6) is 0.227. The summed E-state index contributed by atoms with van der Waals surface area (Å²) in [6, 6.07) is 23.7.